The van der Waals surface area contributed by atoms with Crippen LogP contribution in [0.25, 0.3) is 0 Å². The lowest BCUT2D eigenvalue weighted by atomic mass is 10.1. The molecule has 2 aliphatic heterocycles. The monoisotopic (exact) mass is 408 g/mol. The first-order valence-corrected chi connectivity index (χ1v) is 10.4. The Labute approximate surface area is 177 Å². The van der Waals surface area contributed by atoms with E-state index in [0.717, 1.165) is 49.7 Å². The minimum Gasteiger partial charge on any atom is -0.486 e. The number of carbonyl (C=O) groups excluding carboxylic acids is 1. The highest BCUT2D eigenvalue weighted by molar-refractivity contribution is 5.99. The zero-order valence-electron chi connectivity index (χ0n) is 17.3. The Morgan fingerprint density at radius 2 is 1.73 bits per heavy atom. The van der Waals surface area contributed by atoms with E-state index < -0.39 is 0 Å². The molecule has 0 aliphatic carbocycles. The lowest BCUT2D eigenvalue weighted by molar-refractivity contribution is -0.121. The fraction of sp³-hybridized carbons (Fsp3) is 0.391. The molecule has 4 rings (SSSR count). The minimum absolute atomic E-state index is 0.0719. The van der Waals surface area contributed by atoms with Crippen molar-refractivity contribution in [3.05, 3.63) is 54.1 Å². The van der Waals surface area contributed by atoms with Gasteiger partial charge in [0.05, 0.1) is 5.71 Å². The smallest absolute Gasteiger partial charge is 0.241 e. The van der Waals surface area contributed by atoms with Crippen LogP contribution in [0, 0.1) is 0 Å². The maximum Gasteiger partial charge on any atom is 0.241 e. The highest BCUT2D eigenvalue weighted by atomic mass is 16.6. The van der Waals surface area contributed by atoms with Crippen LogP contribution in [0.3, 0.4) is 0 Å². The second-order valence-electron chi connectivity index (χ2n) is 7.50. The van der Waals surface area contributed by atoms with Gasteiger partial charge in [0.2, 0.25) is 5.91 Å². The Morgan fingerprint density at radius 1 is 1.00 bits per heavy atom. The third-order valence-corrected chi connectivity index (χ3v) is 5.46. The van der Waals surface area contributed by atoms with Crippen molar-refractivity contribution in [3.63, 3.8) is 0 Å². The second kappa shape index (κ2) is 9.63. The van der Waals surface area contributed by atoms with Gasteiger partial charge in [-0.05, 0) is 37.3 Å². The zero-order chi connectivity index (χ0) is 20.8. The lowest BCUT2D eigenvalue weighted by Gasteiger charge is -2.36. The molecule has 2 aromatic rings. The van der Waals surface area contributed by atoms with Crippen LogP contribution in [0.5, 0.6) is 11.5 Å². The van der Waals surface area contributed by atoms with Gasteiger partial charge in [0.1, 0.15) is 13.2 Å². The molecule has 2 heterocycles. The van der Waals surface area contributed by atoms with Crippen molar-refractivity contribution >= 4 is 17.3 Å². The van der Waals surface area contributed by atoms with Gasteiger partial charge in [-0.3, -0.25) is 9.69 Å². The van der Waals surface area contributed by atoms with Crippen LogP contribution >= 0.6 is 0 Å². The molecule has 30 heavy (non-hydrogen) atoms. The van der Waals surface area contributed by atoms with Crippen LogP contribution in [-0.4, -0.2) is 62.5 Å². The molecule has 0 spiro atoms. The fourth-order valence-electron chi connectivity index (χ4n) is 3.66. The standard InChI is InChI=1S/C23H28N4O3/c1-18(19-7-8-21-22(17-19)30-16-15-29-21)24-25-23(28)9-10-26-11-13-27(14-12-26)20-5-3-2-4-6-20/h2-8,17H,9-16H2,1H3,(H,25,28)/b24-18+. The van der Waals surface area contributed by atoms with Crippen LogP contribution in [0.1, 0.15) is 18.9 Å². The van der Waals surface area contributed by atoms with Crippen molar-refractivity contribution in [3.8, 4) is 11.5 Å². The number of piperazine rings is 1. The van der Waals surface area contributed by atoms with Crippen molar-refractivity contribution in [1.29, 1.82) is 0 Å². The van der Waals surface area contributed by atoms with Crippen LogP contribution in [0.4, 0.5) is 5.69 Å². The number of hydrogen-bond donors (Lipinski definition) is 1. The third-order valence-electron chi connectivity index (χ3n) is 5.46. The zero-order valence-corrected chi connectivity index (χ0v) is 17.3. The van der Waals surface area contributed by atoms with E-state index in [2.05, 4.69) is 44.6 Å². The first-order chi connectivity index (χ1) is 14.7. The van der Waals surface area contributed by atoms with Crippen LogP contribution in [0.2, 0.25) is 0 Å². The van der Waals surface area contributed by atoms with Crippen molar-refractivity contribution in [2.24, 2.45) is 5.10 Å². The number of para-hydroxylation sites is 1. The summed E-state index contributed by atoms with van der Waals surface area (Å²) in [5.74, 6) is 1.39. The predicted octanol–water partition coefficient (Wildman–Crippen LogP) is 2.51. The Hall–Kier alpha value is -3.06. The number of hydrogen-bond acceptors (Lipinski definition) is 6. The molecule has 1 N–H and O–H groups in total. The molecule has 2 aliphatic rings. The number of hydrazone groups is 1. The van der Waals surface area contributed by atoms with Gasteiger partial charge in [0.15, 0.2) is 11.5 Å². The number of ether oxygens (including phenoxy) is 2. The molecule has 1 saturated heterocycles. The number of benzene rings is 2. The summed E-state index contributed by atoms with van der Waals surface area (Å²) >= 11 is 0. The summed E-state index contributed by atoms with van der Waals surface area (Å²) in [6.45, 7) is 7.60. The molecule has 7 heteroatoms. The number of anilines is 1. The quantitative estimate of drug-likeness (QED) is 0.588. The molecule has 0 aromatic heterocycles. The molecule has 0 atom stereocenters. The second-order valence-corrected chi connectivity index (χ2v) is 7.50. The van der Waals surface area contributed by atoms with Crippen molar-refractivity contribution in [2.45, 2.75) is 13.3 Å². The molecule has 0 radical (unpaired) electrons. The fourth-order valence-corrected chi connectivity index (χ4v) is 3.66. The van der Waals surface area contributed by atoms with Gasteiger partial charge in [-0.25, -0.2) is 5.43 Å². The average molecular weight is 409 g/mol. The summed E-state index contributed by atoms with van der Waals surface area (Å²) < 4.78 is 11.1. The van der Waals surface area contributed by atoms with E-state index in [1.165, 1.54) is 5.69 Å². The summed E-state index contributed by atoms with van der Waals surface area (Å²) in [5, 5.41) is 4.25. The molecular formula is C23H28N4O3. The summed E-state index contributed by atoms with van der Waals surface area (Å²) in [4.78, 5) is 17.0. The summed E-state index contributed by atoms with van der Waals surface area (Å²) in [6.07, 6.45) is 0.434. The summed E-state index contributed by atoms with van der Waals surface area (Å²) in [6, 6.07) is 16.2. The van der Waals surface area contributed by atoms with E-state index in [4.69, 9.17) is 9.47 Å². The normalized spacial score (nSPS) is 17.0. The summed E-state index contributed by atoms with van der Waals surface area (Å²) in [5.41, 5.74) is 5.57. The van der Waals surface area contributed by atoms with Crippen LogP contribution in [-0.2, 0) is 4.79 Å². The Morgan fingerprint density at radius 3 is 2.50 bits per heavy atom. The number of nitrogens with one attached hydrogen (secondary N) is 1. The summed E-state index contributed by atoms with van der Waals surface area (Å²) in [7, 11) is 0. The Kier molecular flexibility index (Phi) is 6.49. The van der Waals surface area contributed by atoms with Gasteiger partial charge in [-0.2, -0.15) is 5.10 Å². The minimum atomic E-state index is -0.0719. The topological polar surface area (TPSA) is 66.4 Å². The number of carbonyl (C=O) groups is 1. The molecule has 1 fully saturated rings. The van der Waals surface area contributed by atoms with Crippen molar-refractivity contribution in [1.82, 2.24) is 10.3 Å². The van der Waals surface area contributed by atoms with E-state index >= 15 is 0 Å². The van der Waals surface area contributed by atoms with Gasteiger partial charge < -0.3 is 14.4 Å². The maximum atomic E-state index is 12.2. The van der Waals surface area contributed by atoms with Crippen molar-refractivity contribution < 1.29 is 14.3 Å². The van der Waals surface area contributed by atoms with Gasteiger partial charge in [0.25, 0.3) is 0 Å². The molecule has 7 nitrogen and oxygen atoms in total. The molecule has 1 amide bonds. The third kappa shape index (κ3) is 5.10. The number of amides is 1. The number of rotatable bonds is 6. The van der Waals surface area contributed by atoms with Gasteiger partial charge >= 0.3 is 0 Å². The Bertz CT molecular complexity index is 893. The maximum absolute atomic E-state index is 12.2. The van der Waals surface area contributed by atoms with Crippen molar-refractivity contribution in [2.75, 3.05) is 50.8 Å². The lowest BCUT2D eigenvalue weighted by Crippen LogP contribution is -2.47. The van der Waals surface area contributed by atoms with Crippen LogP contribution in [0.15, 0.2) is 53.6 Å². The first kappa shape index (κ1) is 20.2. The van der Waals surface area contributed by atoms with E-state index in [9.17, 15) is 4.79 Å². The SMILES string of the molecule is C/C(=N\NC(=O)CCN1CCN(c2ccccc2)CC1)c1ccc2c(c1)OCCO2. The highest BCUT2D eigenvalue weighted by Crippen LogP contribution is 2.30. The molecule has 0 saturated carbocycles. The number of fused-ring (bicyclic) bond motifs is 1. The van der Waals surface area contributed by atoms with Gasteiger partial charge in [-0.15, -0.1) is 0 Å². The first-order valence-electron chi connectivity index (χ1n) is 10.4. The highest BCUT2D eigenvalue weighted by Gasteiger charge is 2.18. The molecule has 2 aromatic carbocycles. The van der Waals surface area contributed by atoms with E-state index in [-0.39, 0.29) is 5.91 Å². The molecule has 158 valence electrons. The Balaban J connectivity index is 1.21. The van der Waals surface area contributed by atoms with Crippen LogP contribution < -0.4 is 19.8 Å². The molecule has 0 bridgehead atoms. The van der Waals surface area contributed by atoms with E-state index in [1.807, 2.05) is 31.2 Å². The van der Waals surface area contributed by atoms with Gasteiger partial charge in [0, 0.05) is 50.4 Å². The largest absolute Gasteiger partial charge is 0.486 e. The molecular weight excluding hydrogens is 380 g/mol. The molecule has 0 unspecified atom stereocenters. The predicted molar refractivity (Wildman–Crippen MR) is 117 cm³/mol. The van der Waals surface area contributed by atoms with E-state index in [1.54, 1.807) is 0 Å². The van der Waals surface area contributed by atoms with Gasteiger partial charge in [-0.1, -0.05) is 18.2 Å². The average Bonchev–Trinajstić information content (AvgIpc) is 2.81. The van der Waals surface area contributed by atoms with E-state index in [0.29, 0.717) is 25.4 Å². The number of nitrogens with zero attached hydrogens (tertiary/aromatic N) is 3.